The van der Waals surface area contributed by atoms with Gasteiger partial charge in [-0.05, 0) is 56.4 Å². The van der Waals surface area contributed by atoms with Crippen LogP contribution in [0.2, 0.25) is 0 Å². The van der Waals surface area contributed by atoms with Crippen LogP contribution < -0.4 is 9.64 Å². The predicted molar refractivity (Wildman–Crippen MR) is 108 cm³/mol. The van der Waals surface area contributed by atoms with E-state index in [1.807, 2.05) is 28.3 Å². The standard InChI is InChI=1S/C19H24N6OS/c1-14-12-15(2)25-18(20-14)21-19(27)24(25)13-22-8-10-23(11-9-22)16-4-6-17(26-3)7-5-16/h4-7,12H,8-11,13H2,1-3H3. The molecule has 1 aliphatic heterocycles. The third-order valence-corrected chi connectivity index (χ3v) is 5.32. The van der Waals surface area contributed by atoms with Crippen LogP contribution in [0, 0.1) is 18.6 Å². The van der Waals surface area contributed by atoms with Crippen molar-refractivity contribution in [2.24, 2.45) is 0 Å². The zero-order valence-electron chi connectivity index (χ0n) is 15.9. The molecule has 1 aliphatic rings. The van der Waals surface area contributed by atoms with Crippen LogP contribution in [0.1, 0.15) is 11.4 Å². The molecule has 3 heterocycles. The van der Waals surface area contributed by atoms with Crippen LogP contribution in [-0.2, 0) is 6.67 Å². The number of rotatable bonds is 4. The van der Waals surface area contributed by atoms with Gasteiger partial charge in [-0.3, -0.25) is 4.90 Å². The van der Waals surface area contributed by atoms with E-state index in [0.717, 1.165) is 50.0 Å². The van der Waals surface area contributed by atoms with Gasteiger partial charge in [0.1, 0.15) is 5.75 Å². The molecule has 1 aromatic carbocycles. The molecule has 142 valence electrons. The van der Waals surface area contributed by atoms with E-state index in [2.05, 4.69) is 44.9 Å². The molecule has 27 heavy (non-hydrogen) atoms. The maximum Gasteiger partial charge on any atom is 0.252 e. The maximum absolute atomic E-state index is 5.49. The van der Waals surface area contributed by atoms with Crippen LogP contribution >= 0.6 is 12.2 Å². The first-order chi connectivity index (χ1) is 13.0. The van der Waals surface area contributed by atoms with E-state index in [0.29, 0.717) is 10.5 Å². The Hall–Kier alpha value is -2.45. The van der Waals surface area contributed by atoms with E-state index in [4.69, 9.17) is 17.0 Å². The van der Waals surface area contributed by atoms with Crippen LogP contribution in [0.4, 0.5) is 5.69 Å². The number of nitrogens with zero attached hydrogens (tertiary/aromatic N) is 6. The molecule has 0 aliphatic carbocycles. The minimum Gasteiger partial charge on any atom is -0.497 e. The summed E-state index contributed by atoms with van der Waals surface area (Å²) in [7, 11) is 1.69. The number of piperazine rings is 1. The quantitative estimate of drug-likeness (QED) is 0.645. The highest BCUT2D eigenvalue weighted by Crippen LogP contribution is 2.20. The van der Waals surface area contributed by atoms with E-state index in [1.165, 1.54) is 5.69 Å². The Balaban J connectivity index is 1.47. The van der Waals surface area contributed by atoms with Crippen LogP contribution in [0.15, 0.2) is 30.3 Å². The van der Waals surface area contributed by atoms with Gasteiger partial charge in [-0.2, -0.15) is 4.98 Å². The molecular formula is C19H24N6OS. The number of hydrogen-bond donors (Lipinski definition) is 0. The summed E-state index contributed by atoms with van der Waals surface area (Å²) in [5, 5.41) is 0. The molecule has 0 radical (unpaired) electrons. The molecular weight excluding hydrogens is 360 g/mol. The highest BCUT2D eigenvalue weighted by Gasteiger charge is 2.19. The molecule has 2 aromatic heterocycles. The van der Waals surface area contributed by atoms with Crippen molar-refractivity contribution in [3.63, 3.8) is 0 Å². The van der Waals surface area contributed by atoms with Gasteiger partial charge >= 0.3 is 0 Å². The Bertz CT molecular complexity index is 1000. The van der Waals surface area contributed by atoms with E-state index < -0.39 is 0 Å². The normalized spacial score (nSPS) is 15.4. The molecule has 0 bridgehead atoms. The number of ether oxygens (including phenoxy) is 1. The first-order valence-corrected chi connectivity index (χ1v) is 9.51. The zero-order chi connectivity index (χ0) is 19.0. The lowest BCUT2D eigenvalue weighted by Gasteiger charge is -2.36. The number of benzene rings is 1. The summed E-state index contributed by atoms with van der Waals surface area (Å²) in [5.41, 5.74) is 3.29. The monoisotopic (exact) mass is 384 g/mol. The Kier molecular flexibility index (Phi) is 4.84. The predicted octanol–water partition coefficient (Wildman–Crippen LogP) is 2.67. The average Bonchev–Trinajstić information content (AvgIpc) is 2.97. The van der Waals surface area contributed by atoms with E-state index in [1.54, 1.807) is 7.11 Å². The van der Waals surface area contributed by atoms with E-state index in [9.17, 15) is 0 Å². The molecule has 8 heteroatoms. The summed E-state index contributed by atoms with van der Waals surface area (Å²) in [6, 6.07) is 10.3. The summed E-state index contributed by atoms with van der Waals surface area (Å²) in [6.07, 6.45) is 0. The molecule has 0 spiro atoms. The van der Waals surface area contributed by atoms with Crippen molar-refractivity contribution in [3.05, 3.63) is 46.5 Å². The lowest BCUT2D eigenvalue weighted by atomic mass is 10.2. The first-order valence-electron chi connectivity index (χ1n) is 9.10. The van der Waals surface area contributed by atoms with Crippen molar-refractivity contribution in [2.45, 2.75) is 20.5 Å². The fraction of sp³-hybridized carbons (Fsp3) is 0.421. The van der Waals surface area contributed by atoms with Gasteiger partial charge in [0.15, 0.2) is 0 Å². The highest BCUT2D eigenvalue weighted by molar-refractivity contribution is 7.71. The van der Waals surface area contributed by atoms with Crippen molar-refractivity contribution in [1.82, 2.24) is 24.1 Å². The van der Waals surface area contributed by atoms with E-state index in [-0.39, 0.29) is 0 Å². The van der Waals surface area contributed by atoms with Gasteiger partial charge in [0.05, 0.1) is 13.8 Å². The number of fused-ring (bicyclic) bond motifs is 1. The van der Waals surface area contributed by atoms with Gasteiger partial charge in [-0.1, -0.05) is 0 Å². The molecule has 1 saturated heterocycles. The lowest BCUT2D eigenvalue weighted by molar-refractivity contribution is 0.190. The fourth-order valence-corrected chi connectivity index (χ4v) is 3.83. The SMILES string of the molecule is COc1ccc(N2CCN(Cn3c(=S)nc4nc(C)cc(C)n43)CC2)cc1. The Labute approximate surface area is 163 Å². The molecule has 0 saturated carbocycles. The van der Waals surface area contributed by atoms with Crippen molar-refractivity contribution in [2.75, 3.05) is 38.2 Å². The van der Waals surface area contributed by atoms with Crippen LogP contribution in [0.3, 0.4) is 0 Å². The topological polar surface area (TPSA) is 50.8 Å². The Morgan fingerprint density at radius 3 is 2.41 bits per heavy atom. The van der Waals surface area contributed by atoms with Crippen molar-refractivity contribution in [1.29, 1.82) is 0 Å². The van der Waals surface area contributed by atoms with Crippen molar-refractivity contribution in [3.8, 4) is 5.75 Å². The highest BCUT2D eigenvalue weighted by atomic mass is 32.1. The number of aromatic nitrogens is 4. The molecule has 1 fully saturated rings. The van der Waals surface area contributed by atoms with Crippen LogP contribution in [-0.4, -0.2) is 57.4 Å². The smallest absolute Gasteiger partial charge is 0.252 e. The largest absolute Gasteiger partial charge is 0.497 e. The van der Waals surface area contributed by atoms with Gasteiger partial charge < -0.3 is 9.64 Å². The Morgan fingerprint density at radius 2 is 1.74 bits per heavy atom. The van der Waals surface area contributed by atoms with Crippen LogP contribution in [0.25, 0.3) is 5.78 Å². The minimum absolute atomic E-state index is 0.578. The number of aryl methyl sites for hydroxylation is 2. The second-order valence-corrected chi connectivity index (χ2v) is 7.25. The second-order valence-electron chi connectivity index (χ2n) is 6.89. The summed E-state index contributed by atoms with van der Waals surface area (Å²) < 4.78 is 9.88. The number of methoxy groups -OCH3 is 1. The summed E-state index contributed by atoms with van der Waals surface area (Å²) >= 11 is 5.49. The van der Waals surface area contributed by atoms with Crippen molar-refractivity contribution < 1.29 is 4.74 Å². The molecule has 7 nitrogen and oxygen atoms in total. The molecule has 0 amide bonds. The Morgan fingerprint density at radius 1 is 1.04 bits per heavy atom. The third kappa shape index (κ3) is 3.54. The molecule has 0 unspecified atom stereocenters. The van der Waals surface area contributed by atoms with E-state index >= 15 is 0 Å². The lowest BCUT2D eigenvalue weighted by Crippen LogP contribution is -2.47. The molecule has 0 N–H and O–H groups in total. The van der Waals surface area contributed by atoms with Crippen molar-refractivity contribution >= 4 is 23.7 Å². The summed E-state index contributed by atoms with van der Waals surface area (Å²) in [6.45, 7) is 8.67. The zero-order valence-corrected chi connectivity index (χ0v) is 16.7. The van der Waals surface area contributed by atoms with Gasteiger partial charge in [0.2, 0.25) is 4.77 Å². The fourth-order valence-electron chi connectivity index (χ4n) is 3.61. The van der Waals surface area contributed by atoms with Crippen LogP contribution in [0.5, 0.6) is 5.75 Å². The third-order valence-electron chi connectivity index (χ3n) is 5.02. The summed E-state index contributed by atoms with van der Waals surface area (Å²) in [4.78, 5) is 13.8. The summed E-state index contributed by atoms with van der Waals surface area (Å²) in [5.74, 6) is 1.56. The van der Waals surface area contributed by atoms with Gasteiger partial charge in [-0.25, -0.2) is 14.2 Å². The van der Waals surface area contributed by atoms with Gasteiger partial charge in [0.25, 0.3) is 5.78 Å². The number of anilines is 1. The molecule has 3 aromatic rings. The molecule has 4 rings (SSSR count). The van der Waals surface area contributed by atoms with Gasteiger partial charge in [-0.15, -0.1) is 0 Å². The second kappa shape index (κ2) is 7.28. The minimum atomic E-state index is 0.578. The maximum atomic E-state index is 5.49. The first kappa shape index (κ1) is 17.9. The average molecular weight is 385 g/mol. The molecule has 0 atom stereocenters. The van der Waals surface area contributed by atoms with Gasteiger partial charge in [0, 0.05) is 43.3 Å². The number of hydrogen-bond acceptors (Lipinski definition) is 6.